The molecule has 2 unspecified atom stereocenters. The third-order valence-corrected chi connectivity index (χ3v) is 4.90. The molecule has 1 aromatic carbocycles. The summed E-state index contributed by atoms with van der Waals surface area (Å²) in [6.45, 7) is 5.25. The molecule has 2 aliphatic heterocycles. The average Bonchev–Trinajstić information content (AvgIpc) is 2.69. The van der Waals surface area contributed by atoms with Crippen molar-refractivity contribution in [3.8, 4) is 0 Å². The lowest BCUT2D eigenvalue weighted by molar-refractivity contribution is -0.134. The van der Waals surface area contributed by atoms with E-state index in [1.165, 1.54) is 0 Å². The molecular formula is C18H22N2O3. The van der Waals surface area contributed by atoms with Gasteiger partial charge >= 0.3 is 0 Å². The second kappa shape index (κ2) is 6.14. The molecule has 2 heterocycles. The number of rotatable bonds is 2. The van der Waals surface area contributed by atoms with Crippen LogP contribution in [0.15, 0.2) is 24.3 Å². The lowest BCUT2D eigenvalue weighted by atomic mass is 10.0. The van der Waals surface area contributed by atoms with Crippen LogP contribution in [0.3, 0.4) is 0 Å². The number of hydrogen-bond donors (Lipinski definition) is 0. The first-order valence-electron chi connectivity index (χ1n) is 8.26. The lowest BCUT2D eigenvalue weighted by Gasteiger charge is -2.28. The normalized spacial score (nSPS) is 22.8. The van der Waals surface area contributed by atoms with E-state index in [4.69, 9.17) is 0 Å². The van der Waals surface area contributed by atoms with E-state index in [-0.39, 0.29) is 17.7 Å². The minimum Gasteiger partial charge on any atom is -0.341 e. The van der Waals surface area contributed by atoms with Crippen molar-refractivity contribution in [1.29, 1.82) is 0 Å². The van der Waals surface area contributed by atoms with Crippen molar-refractivity contribution in [1.82, 2.24) is 9.80 Å². The van der Waals surface area contributed by atoms with Crippen LogP contribution in [-0.4, -0.2) is 46.7 Å². The predicted octanol–water partition coefficient (Wildman–Crippen LogP) is 2.32. The van der Waals surface area contributed by atoms with Crippen molar-refractivity contribution in [2.45, 2.75) is 39.2 Å². The summed E-state index contributed by atoms with van der Waals surface area (Å²) in [5.74, 6) is -0.250. The SMILES string of the molecule is CC1CCCN(C(=O)C(C)N2C(=O)c3ccccc3C2=O)CC1. The van der Waals surface area contributed by atoms with Crippen molar-refractivity contribution in [2.24, 2.45) is 5.92 Å². The van der Waals surface area contributed by atoms with Crippen molar-refractivity contribution in [2.75, 3.05) is 13.1 Å². The number of hydrogen-bond acceptors (Lipinski definition) is 3. The van der Waals surface area contributed by atoms with E-state index < -0.39 is 6.04 Å². The zero-order chi connectivity index (χ0) is 16.6. The zero-order valence-corrected chi connectivity index (χ0v) is 13.6. The summed E-state index contributed by atoms with van der Waals surface area (Å²) in [6, 6.07) is 5.99. The van der Waals surface area contributed by atoms with Gasteiger partial charge in [-0.05, 0) is 44.2 Å². The van der Waals surface area contributed by atoms with E-state index in [2.05, 4.69) is 6.92 Å². The standard InChI is InChI=1S/C18H22N2O3/c1-12-6-5-10-19(11-9-12)16(21)13(2)20-17(22)14-7-3-4-8-15(14)18(20)23/h3-4,7-8,12-13H,5-6,9-11H2,1-2H3. The number of likely N-dealkylation sites (tertiary alicyclic amines) is 1. The summed E-state index contributed by atoms with van der Waals surface area (Å²) in [7, 11) is 0. The Bertz CT molecular complexity index is 620. The van der Waals surface area contributed by atoms with Crippen LogP contribution in [0.25, 0.3) is 0 Å². The van der Waals surface area contributed by atoms with Crippen molar-refractivity contribution >= 4 is 17.7 Å². The topological polar surface area (TPSA) is 57.7 Å². The fourth-order valence-corrected chi connectivity index (χ4v) is 3.42. The molecule has 1 aromatic rings. The van der Waals surface area contributed by atoms with E-state index in [0.717, 1.165) is 24.2 Å². The Kier molecular flexibility index (Phi) is 4.20. The number of carbonyl (C=O) groups is 3. The molecule has 5 nitrogen and oxygen atoms in total. The lowest BCUT2D eigenvalue weighted by Crippen LogP contribution is -2.49. The van der Waals surface area contributed by atoms with Gasteiger partial charge in [0.25, 0.3) is 11.8 Å². The maximum absolute atomic E-state index is 12.8. The highest BCUT2D eigenvalue weighted by molar-refractivity contribution is 6.22. The molecule has 0 saturated carbocycles. The largest absolute Gasteiger partial charge is 0.341 e. The Hall–Kier alpha value is -2.17. The van der Waals surface area contributed by atoms with Crippen LogP contribution in [0.4, 0.5) is 0 Å². The van der Waals surface area contributed by atoms with Gasteiger partial charge in [-0.1, -0.05) is 19.1 Å². The van der Waals surface area contributed by atoms with Gasteiger partial charge in [-0.3, -0.25) is 19.3 Å². The molecule has 3 rings (SSSR count). The van der Waals surface area contributed by atoms with Gasteiger partial charge in [0.05, 0.1) is 11.1 Å². The fourth-order valence-electron chi connectivity index (χ4n) is 3.42. The van der Waals surface area contributed by atoms with E-state index in [1.807, 2.05) is 0 Å². The molecule has 0 aromatic heterocycles. The zero-order valence-electron chi connectivity index (χ0n) is 13.6. The van der Waals surface area contributed by atoms with Crippen LogP contribution in [-0.2, 0) is 4.79 Å². The van der Waals surface area contributed by atoms with Crippen LogP contribution in [0.5, 0.6) is 0 Å². The second-order valence-electron chi connectivity index (χ2n) is 6.56. The molecule has 5 heteroatoms. The number of imide groups is 1. The summed E-state index contributed by atoms with van der Waals surface area (Å²) in [5.41, 5.74) is 0.781. The van der Waals surface area contributed by atoms with E-state index in [9.17, 15) is 14.4 Å². The van der Waals surface area contributed by atoms with Gasteiger partial charge in [0.1, 0.15) is 6.04 Å². The smallest absolute Gasteiger partial charge is 0.262 e. The Balaban J connectivity index is 1.78. The van der Waals surface area contributed by atoms with Crippen LogP contribution < -0.4 is 0 Å². The third-order valence-electron chi connectivity index (χ3n) is 4.90. The predicted molar refractivity (Wildman–Crippen MR) is 86.0 cm³/mol. The maximum Gasteiger partial charge on any atom is 0.262 e. The third kappa shape index (κ3) is 2.76. The molecule has 0 radical (unpaired) electrons. The molecule has 0 spiro atoms. The van der Waals surface area contributed by atoms with Gasteiger partial charge in [0.15, 0.2) is 0 Å². The first kappa shape index (κ1) is 15.7. The second-order valence-corrected chi connectivity index (χ2v) is 6.56. The van der Waals surface area contributed by atoms with Gasteiger partial charge in [-0.2, -0.15) is 0 Å². The molecule has 122 valence electrons. The molecule has 2 atom stereocenters. The van der Waals surface area contributed by atoms with E-state index >= 15 is 0 Å². The van der Waals surface area contributed by atoms with E-state index in [0.29, 0.717) is 30.1 Å². The summed E-state index contributed by atoms with van der Waals surface area (Å²) in [6.07, 6.45) is 3.06. The van der Waals surface area contributed by atoms with Gasteiger partial charge in [0.2, 0.25) is 5.91 Å². The molecule has 3 amide bonds. The van der Waals surface area contributed by atoms with Crippen LogP contribution in [0.2, 0.25) is 0 Å². The molecule has 0 aliphatic carbocycles. The van der Waals surface area contributed by atoms with E-state index in [1.54, 1.807) is 36.1 Å². The Morgan fingerprint density at radius 3 is 2.30 bits per heavy atom. The Labute approximate surface area is 136 Å². The molecule has 1 fully saturated rings. The molecular weight excluding hydrogens is 292 g/mol. The fraction of sp³-hybridized carbons (Fsp3) is 0.500. The van der Waals surface area contributed by atoms with Crippen LogP contribution >= 0.6 is 0 Å². The highest BCUT2D eigenvalue weighted by Crippen LogP contribution is 2.26. The van der Waals surface area contributed by atoms with Gasteiger partial charge in [-0.15, -0.1) is 0 Å². The minimum atomic E-state index is -0.754. The minimum absolute atomic E-state index is 0.131. The number of nitrogens with zero attached hydrogens (tertiary/aromatic N) is 2. The van der Waals surface area contributed by atoms with Crippen LogP contribution in [0, 0.1) is 5.92 Å². The first-order valence-corrected chi connectivity index (χ1v) is 8.26. The van der Waals surface area contributed by atoms with Crippen molar-refractivity contribution in [3.05, 3.63) is 35.4 Å². The molecule has 0 N–H and O–H groups in total. The Morgan fingerprint density at radius 2 is 1.70 bits per heavy atom. The molecule has 23 heavy (non-hydrogen) atoms. The van der Waals surface area contributed by atoms with Crippen molar-refractivity contribution < 1.29 is 14.4 Å². The summed E-state index contributed by atoms with van der Waals surface area (Å²) >= 11 is 0. The number of fused-ring (bicyclic) bond motifs is 1. The monoisotopic (exact) mass is 314 g/mol. The summed E-state index contributed by atoms with van der Waals surface area (Å²) in [5, 5.41) is 0. The highest BCUT2D eigenvalue weighted by atomic mass is 16.2. The summed E-state index contributed by atoms with van der Waals surface area (Å²) < 4.78 is 0. The van der Waals surface area contributed by atoms with Gasteiger partial charge in [-0.25, -0.2) is 0 Å². The number of amides is 3. The quantitative estimate of drug-likeness (QED) is 0.787. The Morgan fingerprint density at radius 1 is 1.09 bits per heavy atom. The molecule has 0 bridgehead atoms. The van der Waals surface area contributed by atoms with Crippen LogP contribution in [0.1, 0.15) is 53.8 Å². The van der Waals surface area contributed by atoms with Crippen molar-refractivity contribution in [3.63, 3.8) is 0 Å². The maximum atomic E-state index is 12.8. The average molecular weight is 314 g/mol. The highest BCUT2D eigenvalue weighted by Gasteiger charge is 2.41. The number of carbonyl (C=O) groups excluding carboxylic acids is 3. The van der Waals surface area contributed by atoms with Gasteiger partial charge < -0.3 is 4.90 Å². The summed E-state index contributed by atoms with van der Waals surface area (Å²) in [4.78, 5) is 40.7. The molecule has 1 saturated heterocycles. The number of benzene rings is 1. The molecule has 2 aliphatic rings. The first-order chi connectivity index (χ1) is 11.0. The van der Waals surface area contributed by atoms with Gasteiger partial charge in [0, 0.05) is 13.1 Å².